The molecule has 2 atom stereocenters. The van der Waals surface area contributed by atoms with Gasteiger partial charge in [-0.25, -0.2) is 0 Å². The second-order valence-corrected chi connectivity index (χ2v) is 6.75. The molecule has 0 amide bonds. The molecule has 20 heavy (non-hydrogen) atoms. The number of hydrogen-bond acceptors (Lipinski definition) is 4. The number of hydrogen-bond donors (Lipinski definition) is 2. The molecule has 2 unspecified atom stereocenters. The second kappa shape index (κ2) is 6.90. The molecular formula is C16H29NO3. The SMILES string of the molecule is CCOC(=O)C1CCC(O)(CNC2CCC(C)C2)CC1. The van der Waals surface area contributed by atoms with Gasteiger partial charge in [-0.3, -0.25) is 4.79 Å². The zero-order chi connectivity index (χ0) is 14.6. The van der Waals surface area contributed by atoms with Crippen molar-refractivity contribution in [2.24, 2.45) is 11.8 Å². The van der Waals surface area contributed by atoms with Crippen LogP contribution in [-0.2, 0) is 9.53 Å². The number of ether oxygens (including phenoxy) is 1. The molecule has 116 valence electrons. The fourth-order valence-corrected chi connectivity index (χ4v) is 3.55. The molecule has 0 bridgehead atoms. The lowest BCUT2D eigenvalue weighted by Gasteiger charge is -2.36. The molecule has 0 heterocycles. The van der Waals surface area contributed by atoms with Crippen molar-refractivity contribution in [1.82, 2.24) is 5.32 Å². The first-order chi connectivity index (χ1) is 9.52. The largest absolute Gasteiger partial charge is 0.466 e. The van der Waals surface area contributed by atoms with Gasteiger partial charge in [-0.2, -0.15) is 0 Å². The number of carbonyl (C=O) groups is 1. The maximum Gasteiger partial charge on any atom is 0.308 e. The van der Waals surface area contributed by atoms with Crippen LogP contribution in [0.3, 0.4) is 0 Å². The maximum atomic E-state index is 11.7. The molecule has 4 nitrogen and oxygen atoms in total. The highest BCUT2D eigenvalue weighted by Crippen LogP contribution is 2.33. The molecule has 0 saturated heterocycles. The molecule has 0 aromatic rings. The molecule has 0 aromatic carbocycles. The minimum absolute atomic E-state index is 0.0123. The highest BCUT2D eigenvalue weighted by Gasteiger charge is 2.36. The van der Waals surface area contributed by atoms with Gasteiger partial charge in [-0.05, 0) is 57.8 Å². The van der Waals surface area contributed by atoms with Crippen molar-refractivity contribution < 1.29 is 14.6 Å². The van der Waals surface area contributed by atoms with E-state index in [-0.39, 0.29) is 11.9 Å². The summed E-state index contributed by atoms with van der Waals surface area (Å²) in [5.41, 5.74) is -0.630. The summed E-state index contributed by atoms with van der Waals surface area (Å²) in [4.78, 5) is 11.7. The van der Waals surface area contributed by atoms with Crippen LogP contribution in [0, 0.1) is 11.8 Å². The quantitative estimate of drug-likeness (QED) is 0.760. The Morgan fingerprint density at radius 3 is 2.55 bits per heavy atom. The van der Waals surface area contributed by atoms with Crippen LogP contribution in [-0.4, -0.2) is 35.9 Å². The van der Waals surface area contributed by atoms with Crippen LogP contribution in [0.1, 0.15) is 58.8 Å². The van der Waals surface area contributed by atoms with E-state index in [1.165, 1.54) is 19.3 Å². The van der Waals surface area contributed by atoms with Gasteiger partial charge in [0.25, 0.3) is 0 Å². The second-order valence-electron chi connectivity index (χ2n) is 6.75. The van der Waals surface area contributed by atoms with Gasteiger partial charge in [0, 0.05) is 12.6 Å². The van der Waals surface area contributed by atoms with Crippen LogP contribution in [0.15, 0.2) is 0 Å². The van der Waals surface area contributed by atoms with Crippen molar-refractivity contribution in [3.63, 3.8) is 0 Å². The van der Waals surface area contributed by atoms with Crippen molar-refractivity contribution in [2.75, 3.05) is 13.2 Å². The minimum Gasteiger partial charge on any atom is -0.466 e. The number of aliphatic hydroxyl groups is 1. The average molecular weight is 283 g/mol. The van der Waals surface area contributed by atoms with Gasteiger partial charge in [0.15, 0.2) is 0 Å². The van der Waals surface area contributed by atoms with E-state index in [9.17, 15) is 9.90 Å². The minimum atomic E-state index is -0.630. The molecular weight excluding hydrogens is 254 g/mol. The Bertz CT molecular complexity index is 324. The van der Waals surface area contributed by atoms with E-state index < -0.39 is 5.60 Å². The van der Waals surface area contributed by atoms with Gasteiger partial charge >= 0.3 is 5.97 Å². The Morgan fingerprint density at radius 2 is 2.00 bits per heavy atom. The zero-order valence-electron chi connectivity index (χ0n) is 12.9. The summed E-state index contributed by atoms with van der Waals surface area (Å²) in [6.45, 7) is 5.24. The van der Waals surface area contributed by atoms with Gasteiger partial charge < -0.3 is 15.2 Å². The van der Waals surface area contributed by atoms with Crippen LogP contribution in [0.25, 0.3) is 0 Å². The van der Waals surface area contributed by atoms with Gasteiger partial charge in [-0.15, -0.1) is 0 Å². The summed E-state index contributed by atoms with van der Waals surface area (Å²) in [6, 6.07) is 0.566. The summed E-state index contributed by atoms with van der Waals surface area (Å²) < 4.78 is 5.07. The molecule has 2 aliphatic carbocycles. The third kappa shape index (κ3) is 4.19. The van der Waals surface area contributed by atoms with E-state index in [0.29, 0.717) is 32.0 Å². The van der Waals surface area contributed by atoms with E-state index in [1.54, 1.807) is 0 Å². The van der Waals surface area contributed by atoms with Crippen molar-refractivity contribution in [3.8, 4) is 0 Å². The first-order valence-corrected chi connectivity index (χ1v) is 8.15. The van der Waals surface area contributed by atoms with E-state index in [4.69, 9.17) is 4.74 Å². The van der Waals surface area contributed by atoms with Crippen molar-refractivity contribution in [1.29, 1.82) is 0 Å². The topological polar surface area (TPSA) is 58.6 Å². The predicted molar refractivity (Wildman–Crippen MR) is 78.3 cm³/mol. The van der Waals surface area contributed by atoms with Gasteiger partial charge in [0.05, 0.1) is 18.1 Å². The van der Waals surface area contributed by atoms with Gasteiger partial charge in [0.1, 0.15) is 0 Å². The molecule has 4 heteroatoms. The third-order valence-corrected chi connectivity index (χ3v) is 4.95. The van der Waals surface area contributed by atoms with E-state index in [2.05, 4.69) is 12.2 Å². The monoisotopic (exact) mass is 283 g/mol. The fraction of sp³-hybridized carbons (Fsp3) is 0.938. The Balaban J connectivity index is 1.72. The molecule has 0 radical (unpaired) electrons. The molecule has 0 spiro atoms. The third-order valence-electron chi connectivity index (χ3n) is 4.95. The summed E-state index contributed by atoms with van der Waals surface area (Å²) >= 11 is 0. The first kappa shape index (κ1) is 15.8. The maximum absolute atomic E-state index is 11.7. The predicted octanol–water partition coefficient (Wildman–Crippen LogP) is 2.25. The van der Waals surface area contributed by atoms with Crippen molar-refractivity contribution >= 4 is 5.97 Å². The normalized spacial score (nSPS) is 37.9. The molecule has 0 aliphatic heterocycles. The zero-order valence-corrected chi connectivity index (χ0v) is 12.9. The molecule has 2 saturated carbocycles. The van der Waals surface area contributed by atoms with E-state index in [1.807, 2.05) is 6.92 Å². The lowest BCUT2D eigenvalue weighted by molar-refractivity contribution is -0.151. The lowest BCUT2D eigenvalue weighted by Crippen LogP contribution is -2.47. The van der Waals surface area contributed by atoms with Crippen LogP contribution < -0.4 is 5.32 Å². The summed E-state index contributed by atoms with van der Waals surface area (Å²) in [5.74, 6) is 0.704. The standard InChI is InChI=1S/C16H29NO3/c1-3-20-15(18)13-6-8-16(19,9-7-13)11-17-14-5-4-12(2)10-14/h12-14,17,19H,3-11H2,1-2H3. The summed E-state index contributed by atoms with van der Waals surface area (Å²) in [5, 5.41) is 14.1. The molecule has 2 N–H and O–H groups in total. The Morgan fingerprint density at radius 1 is 1.30 bits per heavy atom. The number of carbonyl (C=O) groups excluding carboxylic acids is 1. The van der Waals surface area contributed by atoms with Crippen LogP contribution in [0.5, 0.6) is 0 Å². The molecule has 2 rings (SSSR count). The number of nitrogens with one attached hydrogen (secondary N) is 1. The summed E-state index contributed by atoms with van der Waals surface area (Å²) in [7, 11) is 0. The van der Waals surface area contributed by atoms with E-state index in [0.717, 1.165) is 18.8 Å². The smallest absolute Gasteiger partial charge is 0.308 e. The van der Waals surface area contributed by atoms with Gasteiger partial charge in [-0.1, -0.05) is 6.92 Å². The number of rotatable bonds is 5. The fourth-order valence-electron chi connectivity index (χ4n) is 3.55. The van der Waals surface area contributed by atoms with Crippen molar-refractivity contribution in [2.45, 2.75) is 70.4 Å². The molecule has 2 aliphatic rings. The molecule has 0 aromatic heterocycles. The van der Waals surface area contributed by atoms with E-state index >= 15 is 0 Å². The summed E-state index contributed by atoms with van der Waals surface area (Å²) in [6.07, 6.45) is 6.64. The first-order valence-electron chi connectivity index (χ1n) is 8.15. The Hall–Kier alpha value is -0.610. The number of esters is 1. The van der Waals surface area contributed by atoms with Crippen molar-refractivity contribution in [3.05, 3.63) is 0 Å². The van der Waals surface area contributed by atoms with Crippen LogP contribution in [0.4, 0.5) is 0 Å². The van der Waals surface area contributed by atoms with Crippen LogP contribution in [0.2, 0.25) is 0 Å². The Labute approximate surface area is 122 Å². The Kier molecular flexibility index (Phi) is 5.44. The highest BCUT2D eigenvalue weighted by molar-refractivity contribution is 5.72. The van der Waals surface area contributed by atoms with Crippen LogP contribution >= 0.6 is 0 Å². The highest BCUT2D eigenvalue weighted by atomic mass is 16.5. The van der Waals surface area contributed by atoms with Gasteiger partial charge in [0.2, 0.25) is 0 Å². The molecule has 2 fully saturated rings. The average Bonchev–Trinajstić information content (AvgIpc) is 2.84. The lowest BCUT2D eigenvalue weighted by atomic mass is 9.78.